The SMILES string of the molecule is COC1(C(=O)Nc2ccc(C(=O)NCCC(=O)O)cc2)CCC1. The van der Waals surface area contributed by atoms with Crippen LogP contribution in [0.2, 0.25) is 0 Å². The van der Waals surface area contributed by atoms with E-state index in [-0.39, 0.29) is 24.8 Å². The molecule has 1 saturated carbocycles. The molecule has 1 aliphatic rings. The molecule has 7 heteroatoms. The summed E-state index contributed by atoms with van der Waals surface area (Å²) in [6.45, 7) is 0.0724. The molecular weight excluding hydrogens is 300 g/mol. The fourth-order valence-electron chi connectivity index (χ4n) is 2.36. The third-order valence-electron chi connectivity index (χ3n) is 4.00. The van der Waals surface area contributed by atoms with Gasteiger partial charge in [0.1, 0.15) is 5.60 Å². The molecule has 1 aromatic rings. The van der Waals surface area contributed by atoms with Crippen LogP contribution in [-0.4, -0.2) is 42.1 Å². The Labute approximate surface area is 134 Å². The van der Waals surface area contributed by atoms with Crippen LogP contribution in [0.25, 0.3) is 0 Å². The number of hydrogen-bond acceptors (Lipinski definition) is 4. The average molecular weight is 320 g/mol. The molecule has 2 rings (SSSR count). The van der Waals surface area contributed by atoms with Gasteiger partial charge in [-0.05, 0) is 43.5 Å². The van der Waals surface area contributed by atoms with E-state index in [1.54, 1.807) is 24.3 Å². The molecule has 7 nitrogen and oxygen atoms in total. The summed E-state index contributed by atoms with van der Waals surface area (Å²) >= 11 is 0. The third kappa shape index (κ3) is 4.07. The second kappa shape index (κ2) is 7.23. The molecule has 0 saturated heterocycles. The van der Waals surface area contributed by atoms with Gasteiger partial charge in [0, 0.05) is 24.9 Å². The number of methoxy groups -OCH3 is 1. The van der Waals surface area contributed by atoms with Crippen molar-refractivity contribution in [1.29, 1.82) is 0 Å². The predicted molar refractivity (Wildman–Crippen MR) is 83.2 cm³/mol. The molecule has 0 atom stereocenters. The Balaban J connectivity index is 1.90. The van der Waals surface area contributed by atoms with Gasteiger partial charge in [-0.25, -0.2) is 0 Å². The first-order valence-corrected chi connectivity index (χ1v) is 7.43. The van der Waals surface area contributed by atoms with Crippen molar-refractivity contribution in [1.82, 2.24) is 5.32 Å². The Kier molecular flexibility index (Phi) is 5.33. The molecule has 1 fully saturated rings. The largest absolute Gasteiger partial charge is 0.481 e. The molecule has 0 spiro atoms. The van der Waals surface area contributed by atoms with Crippen molar-refractivity contribution in [3.63, 3.8) is 0 Å². The van der Waals surface area contributed by atoms with Crippen LogP contribution >= 0.6 is 0 Å². The molecule has 0 bridgehead atoms. The van der Waals surface area contributed by atoms with Crippen LogP contribution in [0.5, 0.6) is 0 Å². The molecule has 0 aromatic heterocycles. The molecule has 124 valence electrons. The number of aliphatic carboxylic acids is 1. The van der Waals surface area contributed by atoms with Crippen LogP contribution in [0, 0.1) is 0 Å². The number of carbonyl (C=O) groups excluding carboxylic acids is 2. The summed E-state index contributed by atoms with van der Waals surface area (Å²) in [5, 5.41) is 13.8. The minimum Gasteiger partial charge on any atom is -0.481 e. The van der Waals surface area contributed by atoms with E-state index in [1.807, 2.05) is 0 Å². The maximum atomic E-state index is 12.2. The third-order valence-corrected chi connectivity index (χ3v) is 4.00. The molecule has 1 aliphatic carbocycles. The highest BCUT2D eigenvalue weighted by Crippen LogP contribution is 2.36. The quantitative estimate of drug-likeness (QED) is 0.704. The van der Waals surface area contributed by atoms with Crippen molar-refractivity contribution in [2.24, 2.45) is 0 Å². The molecule has 0 unspecified atom stereocenters. The summed E-state index contributed by atoms with van der Waals surface area (Å²) in [6.07, 6.45) is 2.26. The van der Waals surface area contributed by atoms with Crippen LogP contribution in [0.15, 0.2) is 24.3 Å². The number of amides is 2. The lowest BCUT2D eigenvalue weighted by Crippen LogP contribution is -2.50. The van der Waals surface area contributed by atoms with E-state index >= 15 is 0 Å². The summed E-state index contributed by atoms with van der Waals surface area (Å²) in [7, 11) is 1.53. The van der Waals surface area contributed by atoms with Crippen molar-refractivity contribution in [2.75, 3.05) is 19.0 Å². The van der Waals surface area contributed by atoms with Crippen molar-refractivity contribution >= 4 is 23.5 Å². The lowest BCUT2D eigenvalue weighted by molar-refractivity contribution is -0.148. The molecule has 23 heavy (non-hydrogen) atoms. The van der Waals surface area contributed by atoms with E-state index in [4.69, 9.17) is 9.84 Å². The summed E-state index contributed by atoms with van der Waals surface area (Å²) in [5.74, 6) is -1.49. The van der Waals surface area contributed by atoms with Crippen LogP contribution in [0.3, 0.4) is 0 Å². The molecule has 0 aliphatic heterocycles. The Morgan fingerprint density at radius 1 is 1.22 bits per heavy atom. The smallest absolute Gasteiger partial charge is 0.305 e. The number of carbonyl (C=O) groups is 3. The number of benzene rings is 1. The monoisotopic (exact) mass is 320 g/mol. The minimum atomic E-state index is -0.966. The number of rotatable bonds is 7. The zero-order valence-corrected chi connectivity index (χ0v) is 12.9. The molecule has 1 aromatic carbocycles. The Morgan fingerprint density at radius 2 is 1.87 bits per heavy atom. The van der Waals surface area contributed by atoms with Crippen molar-refractivity contribution in [3.8, 4) is 0 Å². The topological polar surface area (TPSA) is 105 Å². The van der Waals surface area contributed by atoms with Gasteiger partial charge in [0.15, 0.2) is 0 Å². The summed E-state index contributed by atoms with van der Waals surface area (Å²) in [4.78, 5) is 34.4. The van der Waals surface area contributed by atoms with Gasteiger partial charge in [-0.15, -0.1) is 0 Å². The first-order valence-electron chi connectivity index (χ1n) is 7.43. The van der Waals surface area contributed by atoms with Gasteiger partial charge in [0.25, 0.3) is 11.8 Å². The first kappa shape index (κ1) is 17.0. The number of carboxylic acid groups (broad SMARTS) is 1. The summed E-state index contributed by atoms with van der Waals surface area (Å²) in [5.41, 5.74) is 0.256. The lowest BCUT2D eigenvalue weighted by Gasteiger charge is -2.38. The Bertz CT molecular complexity index is 587. The number of carboxylic acids is 1. The molecule has 3 N–H and O–H groups in total. The zero-order valence-electron chi connectivity index (χ0n) is 12.9. The lowest BCUT2D eigenvalue weighted by atomic mass is 9.79. The fourth-order valence-corrected chi connectivity index (χ4v) is 2.36. The van der Waals surface area contributed by atoms with E-state index in [9.17, 15) is 14.4 Å². The highest BCUT2D eigenvalue weighted by atomic mass is 16.5. The van der Waals surface area contributed by atoms with Crippen molar-refractivity contribution in [3.05, 3.63) is 29.8 Å². The first-order chi connectivity index (χ1) is 11.0. The number of ether oxygens (including phenoxy) is 1. The van der Waals surface area contributed by atoms with Gasteiger partial charge in [-0.2, -0.15) is 0 Å². The van der Waals surface area contributed by atoms with Gasteiger partial charge in [0.05, 0.1) is 6.42 Å². The minimum absolute atomic E-state index is 0.0724. The molecular formula is C16H20N2O5. The van der Waals surface area contributed by atoms with Crippen LogP contribution in [-0.2, 0) is 14.3 Å². The maximum absolute atomic E-state index is 12.2. The molecule has 2 amide bonds. The van der Waals surface area contributed by atoms with E-state index in [0.29, 0.717) is 24.1 Å². The summed E-state index contributed by atoms with van der Waals surface area (Å²) < 4.78 is 5.31. The van der Waals surface area contributed by atoms with E-state index in [0.717, 1.165) is 6.42 Å². The van der Waals surface area contributed by atoms with Gasteiger partial charge >= 0.3 is 5.97 Å². The number of nitrogens with one attached hydrogen (secondary N) is 2. The molecule has 0 heterocycles. The normalized spacial score (nSPS) is 15.3. The highest BCUT2D eigenvalue weighted by molar-refractivity contribution is 5.99. The predicted octanol–water partition coefficient (Wildman–Crippen LogP) is 1.40. The second-order valence-electron chi connectivity index (χ2n) is 5.48. The van der Waals surface area contributed by atoms with Gasteiger partial charge in [0.2, 0.25) is 0 Å². The number of hydrogen-bond donors (Lipinski definition) is 3. The maximum Gasteiger partial charge on any atom is 0.305 e. The van der Waals surface area contributed by atoms with Crippen molar-refractivity contribution in [2.45, 2.75) is 31.3 Å². The average Bonchev–Trinajstić information content (AvgIpc) is 2.47. The van der Waals surface area contributed by atoms with Crippen LogP contribution in [0.1, 0.15) is 36.0 Å². The van der Waals surface area contributed by atoms with Gasteiger partial charge < -0.3 is 20.5 Å². The Hall–Kier alpha value is -2.41. The number of anilines is 1. The highest BCUT2D eigenvalue weighted by Gasteiger charge is 2.44. The van der Waals surface area contributed by atoms with E-state index in [1.165, 1.54) is 7.11 Å². The van der Waals surface area contributed by atoms with Crippen LogP contribution < -0.4 is 10.6 Å². The molecule has 0 radical (unpaired) electrons. The van der Waals surface area contributed by atoms with Gasteiger partial charge in [-0.1, -0.05) is 0 Å². The zero-order chi connectivity index (χ0) is 16.9. The second-order valence-corrected chi connectivity index (χ2v) is 5.48. The fraction of sp³-hybridized carbons (Fsp3) is 0.438. The standard InChI is InChI=1S/C16H20N2O5/c1-23-16(8-2-9-16)15(22)18-12-5-3-11(4-6-12)14(21)17-10-7-13(19)20/h3-6H,2,7-10H2,1H3,(H,17,21)(H,18,22)(H,19,20). The van der Waals surface area contributed by atoms with Crippen molar-refractivity contribution < 1.29 is 24.2 Å². The summed E-state index contributed by atoms with van der Waals surface area (Å²) in [6, 6.07) is 6.41. The van der Waals surface area contributed by atoms with E-state index < -0.39 is 11.6 Å². The Morgan fingerprint density at radius 3 is 2.35 bits per heavy atom. The van der Waals surface area contributed by atoms with E-state index in [2.05, 4.69) is 10.6 Å². The van der Waals surface area contributed by atoms with Gasteiger partial charge in [-0.3, -0.25) is 14.4 Å². The van der Waals surface area contributed by atoms with Crippen LogP contribution in [0.4, 0.5) is 5.69 Å².